The summed E-state index contributed by atoms with van der Waals surface area (Å²) in [7, 11) is 0. The van der Waals surface area contributed by atoms with Crippen LogP contribution >= 0.6 is 11.6 Å². The summed E-state index contributed by atoms with van der Waals surface area (Å²) in [6.45, 7) is 0.771. The molecule has 2 aliphatic rings. The molecule has 23 heavy (non-hydrogen) atoms. The van der Waals surface area contributed by atoms with Crippen molar-refractivity contribution < 1.29 is 9.23 Å². The molecule has 0 aromatic heterocycles. The molecule has 2 aliphatic heterocycles. The second kappa shape index (κ2) is 5.68. The summed E-state index contributed by atoms with van der Waals surface area (Å²) in [6, 6.07) is 12.2. The zero-order chi connectivity index (χ0) is 15.8. The highest BCUT2D eigenvalue weighted by Gasteiger charge is 2.26. The van der Waals surface area contributed by atoms with E-state index in [0.717, 1.165) is 16.9 Å². The van der Waals surface area contributed by atoms with Crippen molar-refractivity contribution >= 4 is 23.0 Å². The summed E-state index contributed by atoms with van der Waals surface area (Å²) in [5, 5.41) is 0.580. The number of benzene rings is 2. The van der Waals surface area contributed by atoms with Gasteiger partial charge in [0.25, 0.3) is 0 Å². The largest absolute Gasteiger partial charge is 0.315 e. The van der Waals surface area contributed by atoms with Gasteiger partial charge in [0.1, 0.15) is 5.82 Å². The first-order chi connectivity index (χ1) is 11.2. The number of nitrogens with one attached hydrogen (secondary N) is 1. The van der Waals surface area contributed by atoms with E-state index in [2.05, 4.69) is 10.5 Å². The fraction of sp³-hybridized carbons (Fsp3) is 0.118. The molecule has 1 N–H and O–H groups in total. The molecule has 0 unspecified atom stereocenters. The van der Waals surface area contributed by atoms with Gasteiger partial charge in [0.05, 0.1) is 23.6 Å². The fourth-order valence-corrected chi connectivity index (χ4v) is 2.96. The lowest BCUT2D eigenvalue weighted by Gasteiger charge is -2.29. The van der Waals surface area contributed by atoms with Crippen LogP contribution in [0.25, 0.3) is 0 Å². The molecule has 0 saturated carbocycles. The van der Waals surface area contributed by atoms with E-state index in [4.69, 9.17) is 16.4 Å². The topological polar surface area (TPSA) is 36.9 Å². The molecule has 0 radical (unpaired) electrons. The van der Waals surface area contributed by atoms with Crippen LogP contribution in [0.3, 0.4) is 0 Å². The predicted molar refractivity (Wildman–Crippen MR) is 88.0 cm³/mol. The molecular formula is C17H13ClFN3O. The molecule has 0 bridgehead atoms. The van der Waals surface area contributed by atoms with E-state index in [9.17, 15) is 4.39 Å². The van der Waals surface area contributed by atoms with Crippen molar-refractivity contribution in [1.29, 1.82) is 0 Å². The molecule has 2 aromatic carbocycles. The van der Waals surface area contributed by atoms with E-state index < -0.39 is 0 Å². The van der Waals surface area contributed by atoms with Gasteiger partial charge in [0.2, 0.25) is 0 Å². The van der Waals surface area contributed by atoms with Crippen LogP contribution in [0.1, 0.15) is 11.1 Å². The molecule has 0 spiro atoms. The summed E-state index contributed by atoms with van der Waals surface area (Å²) in [4.78, 5) is 11.9. The first kappa shape index (κ1) is 14.2. The number of nitrogens with zero attached hydrogens (tertiary/aromatic N) is 2. The highest BCUT2D eigenvalue weighted by Crippen LogP contribution is 2.33. The van der Waals surface area contributed by atoms with Crippen molar-refractivity contribution in [3.63, 3.8) is 0 Å². The third kappa shape index (κ3) is 2.48. The minimum atomic E-state index is -0.305. The smallest absolute Gasteiger partial charge is 0.150 e. The highest BCUT2D eigenvalue weighted by molar-refractivity contribution is 6.31. The quantitative estimate of drug-likeness (QED) is 0.870. The Morgan fingerprint density at radius 2 is 2.04 bits per heavy atom. The van der Waals surface area contributed by atoms with E-state index in [1.54, 1.807) is 24.4 Å². The number of rotatable bonds is 1. The SMILES string of the molecule is Fc1ccccc1C1=NCC2=CNOCN2c2ccc(Cl)cc21. The average Bonchev–Trinajstić information content (AvgIpc) is 2.72. The van der Waals surface area contributed by atoms with Gasteiger partial charge in [-0.1, -0.05) is 23.7 Å². The van der Waals surface area contributed by atoms with E-state index in [1.165, 1.54) is 6.07 Å². The first-order valence-electron chi connectivity index (χ1n) is 7.17. The van der Waals surface area contributed by atoms with Crippen molar-refractivity contribution in [2.45, 2.75) is 0 Å². The maximum atomic E-state index is 14.3. The maximum Gasteiger partial charge on any atom is 0.150 e. The number of fused-ring (bicyclic) bond motifs is 3. The lowest BCUT2D eigenvalue weighted by Crippen LogP contribution is -2.35. The molecular weight excluding hydrogens is 317 g/mol. The van der Waals surface area contributed by atoms with Gasteiger partial charge in [-0.3, -0.25) is 15.3 Å². The van der Waals surface area contributed by atoms with Gasteiger partial charge in [-0.2, -0.15) is 0 Å². The van der Waals surface area contributed by atoms with Gasteiger partial charge in [0, 0.05) is 22.3 Å². The molecule has 116 valence electrons. The van der Waals surface area contributed by atoms with Crippen molar-refractivity contribution in [1.82, 2.24) is 5.48 Å². The first-order valence-corrected chi connectivity index (χ1v) is 7.55. The fourth-order valence-electron chi connectivity index (χ4n) is 2.79. The predicted octanol–water partition coefficient (Wildman–Crippen LogP) is 3.47. The van der Waals surface area contributed by atoms with Crippen LogP contribution < -0.4 is 10.4 Å². The van der Waals surface area contributed by atoms with Gasteiger partial charge in [0.15, 0.2) is 6.73 Å². The van der Waals surface area contributed by atoms with E-state index in [1.807, 2.05) is 23.1 Å². The third-order valence-electron chi connectivity index (χ3n) is 3.88. The average molecular weight is 330 g/mol. The number of hydrogen-bond acceptors (Lipinski definition) is 4. The Balaban J connectivity index is 1.95. The van der Waals surface area contributed by atoms with Crippen LogP contribution in [0.4, 0.5) is 10.1 Å². The standard InChI is InChI=1S/C17H13ClFN3O/c18-11-5-6-16-14(7-11)17(13-3-1-2-4-15(13)19)20-8-12-9-21-23-10-22(12)16/h1-7,9,21H,8,10H2. The van der Waals surface area contributed by atoms with Crippen LogP contribution in [0, 0.1) is 5.82 Å². The molecule has 6 heteroatoms. The summed E-state index contributed by atoms with van der Waals surface area (Å²) in [6.07, 6.45) is 1.76. The zero-order valence-electron chi connectivity index (χ0n) is 12.1. The molecule has 2 aromatic rings. The van der Waals surface area contributed by atoms with E-state index in [-0.39, 0.29) is 5.82 Å². The van der Waals surface area contributed by atoms with E-state index >= 15 is 0 Å². The summed E-state index contributed by atoms with van der Waals surface area (Å²) in [5.41, 5.74) is 6.43. The van der Waals surface area contributed by atoms with Gasteiger partial charge in [-0.15, -0.1) is 0 Å². The molecule has 0 saturated heterocycles. The summed E-state index contributed by atoms with van der Waals surface area (Å²) < 4.78 is 14.3. The monoisotopic (exact) mass is 329 g/mol. The zero-order valence-corrected chi connectivity index (χ0v) is 12.8. The molecule has 0 atom stereocenters. The number of halogens is 2. The normalized spacial score (nSPS) is 16.5. The van der Waals surface area contributed by atoms with Crippen LogP contribution in [0.2, 0.25) is 5.02 Å². The molecule has 0 amide bonds. The summed E-state index contributed by atoms with van der Waals surface area (Å²) >= 11 is 6.17. The van der Waals surface area contributed by atoms with Crippen molar-refractivity contribution in [3.05, 3.63) is 76.3 Å². The second-order valence-electron chi connectivity index (χ2n) is 5.26. The third-order valence-corrected chi connectivity index (χ3v) is 4.12. The number of aliphatic imine (C=N–C) groups is 1. The Kier molecular flexibility index (Phi) is 3.52. The van der Waals surface area contributed by atoms with Gasteiger partial charge in [-0.05, 0) is 30.3 Å². The summed E-state index contributed by atoms with van der Waals surface area (Å²) in [5.74, 6) is -0.305. The van der Waals surface area contributed by atoms with E-state index in [0.29, 0.717) is 29.6 Å². The Morgan fingerprint density at radius 3 is 2.91 bits per heavy atom. The lowest BCUT2D eigenvalue weighted by atomic mass is 10.00. The number of hydroxylamine groups is 1. The Labute approximate surface area is 137 Å². The van der Waals surface area contributed by atoms with Crippen LogP contribution in [-0.2, 0) is 4.84 Å². The lowest BCUT2D eigenvalue weighted by molar-refractivity contribution is 0.0635. The van der Waals surface area contributed by atoms with Crippen LogP contribution in [-0.4, -0.2) is 19.0 Å². The second-order valence-corrected chi connectivity index (χ2v) is 5.70. The Hall–Kier alpha value is -2.37. The number of hydrogen-bond donors (Lipinski definition) is 1. The van der Waals surface area contributed by atoms with Crippen LogP contribution in [0.15, 0.2) is 59.4 Å². The Morgan fingerprint density at radius 1 is 1.17 bits per heavy atom. The minimum Gasteiger partial charge on any atom is -0.315 e. The molecule has 4 rings (SSSR count). The number of anilines is 1. The molecule has 0 aliphatic carbocycles. The van der Waals surface area contributed by atoms with Gasteiger partial charge >= 0.3 is 0 Å². The molecule has 0 fully saturated rings. The Bertz CT molecular complexity index is 834. The van der Waals surface area contributed by atoms with Gasteiger partial charge in [-0.25, -0.2) is 4.39 Å². The molecule has 2 heterocycles. The van der Waals surface area contributed by atoms with Gasteiger partial charge < -0.3 is 4.90 Å². The highest BCUT2D eigenvalue weighted by atomic mass is 35.5. The minimum absolute atomic E-state index is 0.305. The maximum absolute atomic E-state index is 14.3. The van der Waals surface area contributed by atoms with Crippen LogP contribution in [0.5, 0.6) is 0 Å². The van der Waals surface area contributed by atoms with Crippen molar-refractivity contribution in [2.75, 3.05) is 18.2 Å². The van der Waals surface area contributed by atoms with Crippen molar-refractivity contribution in [3.8, 4) is 0 Å². The molecule has 4 nitrogen and oxygen atoms in total. The van der Waals surface area contributed by atoms with Crippen molar-refractivity contribution in [2.24, 2.45) is 4.99 Å².